The van der Waals surface area contributed by atoms with Crippen LogP contribution in [0.5, 0.6) is 0 Å². The van der Waals surface area contributed by atoms with Gasteiger partial charge < -0.3 is 11.1 Å². The first-order valence-electron chi connectivity index (χ1n) is 8.30. The van der Waals surface area contributed by atoms with Crippen molar-refractivity contribution >= 4 is 11.8 Å². The van der Waals surface area contributed by atoms with Crippen molar-refractivity contribution in [3.63, 3.8) is 0 Å². The molecule has 4 N–H and O–H groups in total. The van der Waals surface area contributed by atoms with E-state index in [1.807, 2.05) is 13.0 Å². The van der Waals surface area contributed by atoms with Crippen LogP contribution < -0.4 is 11.1 Å². The lowest BCUT2D eigenvalue weighted by molar-refractivity contribution is 0.626. The molecule has 2 aromatic heterocycles. The number of nitrogen functional groups attached to an aromatic ring is 1. The van der Waals surface area contributed by atoms with Crippen LogP contribution in [-0.2, 0) is 0 Å². The fraction of sp³-hybridized carbons (Fsp3) is 0.278. The summed E-state index contributed by atoms with van der Waals surface area (Å²) >= 11 is 0. The zero-order valence-corrected chi connectivity index (χ0v) is 13.8. The second-order valence-electron chi connectivity index (χ2n) is 6.39. The van der Waals surface area contributed by atoms with Crippen LogP contribution in [0.25, 0.3) is 11.3 Å². The fourth-order valence-corrected chi connectivity index (χ4v) is 2.77. The number of nitrogens with zero attached hydrogens (tertiary/aromatic N) is 3. The van der Waals surface area contributed by atoms with Crippen LogP contribution in [0.4, 0.5) is 16.2 Å². The van der Waals surface area contributed by atoms with Gasteiger partial charge in [0, 0.05) is 17.8 Å². The van der Waals surface area contributed by atoms with Crippen molar-refractivity contribution in [2.45, 2.75) is 31.7 Å². The van der Waals surface area contributed by atoms with E-state index in [-0.39, 0.29) is 11.9 Å². The molecule has 0 radical (unpaired) electrons. The first kappa shape index (κ1) is 15.6. The number of aromatic nitrogens is 4. The molecule has 0 unspecified atom stereocenters. The van der Waals surface area contributed by atoms with Gasteiger partial charge in [-0.2, -0.15) is 10.1 Å². The van der Waals surface area contributed by atoms with Gasteiger partial charge in [0.05, 0.1) is 17.3 Å². The van der Waals surface area contributed by atoms with Crippen molar-refractivity contribution in [1.82, 2.24) is 20.2 Å². The molecule has 128 valence electrons. The molecule has 0 spiro atoms. The molecule has 2 heterocycles. The van der Waals surface area contributed by atoms with Crippen molar-refractivity contribution in [3.8, 4) is 11.3 Å². The summed E-state index contributed by atoms with van der Waals surface area (Å²) in [6.45, 7) is 1.95. The van der Waals surface area contributed by atoms with Crippen LogP contribution in [0.15, 0.2) is 36.5 Å². The van der Waals surface area contributed by atoms with Gasteiger partial charge in [-0.15, -0.1) is 0 Å². The number of H-pyrrole nitrogens is 1. The number of benzene rings is 1. The summed E-state index contributed by atoms with van der Waals surface area (Å²) < 4.78 is 13.0. The number of nitrogens with two attached hydrogens (primary N) is 1. The zero-order chi connectivity index (χ0) is 17.4. The van der Waals surface area contributed by atoms with E-state index >= 15 is 0 Å². The highest BCUT2D eigenvalue weighted by Gasteiger charge is 2.26. The molecule has 0 saturated heterocycles. The quantitative estimate of drug-likeness (QED) is 0.660. The first-order chi connectivity index (χ1) is 12.1. The topological polar surface area (TPSA) is 92.5 Å². The van der Waals surface area contributed by atoms with Crippen LogP contribution in [0, 0.1) is 5.82 Å². The maximum absolute atomic E-state index is 13.0. The van der Waals surface area contributed by atoms with Crippen molar-refractivity contribution in [3.05, 3.63) is 53.6 Å². The Morgan fingerprint density at radius 1 is 1.28 bits per heavy atom. The van der Waals surface area contributed by atoms with Crippen molar-refractivity contribution in [1.29, 1.82) is 0 Å². The molecule has 1 saturated carbocycles. The summed E-state index contributed by atoms with van der Waals surface area (Å²) in [5, 5.41) is 10.6. The summed E-state index contributed by atoms with van der Waals surface area (Å²) in [7, 11) is 0. The average molecular weight is 338 g/mol. The molecule has 1 aliphatic carbocycles. The Hall–Kier alpha value is -2.96. The number of anilines is 2. The number of halogens is 1. The molecule has 1 fully saturated rings. The third-order valence-corrected chi connectivity index (χ3v) is 4.42. The molecule has 4 rings (SSSR count). The Morgan fingerprint density at radius 3 is 2.72 bits per heavy atom. The number of nitrogens with one attached hydrogen (secondary N) is 2. The van der Waals surface area contributed by atoms with Gasteiger partial charge >= 0.3 is 0 Å². The van der Waals surface area contributed by atoms with Gasteiger partial charge in [0.1, 0.15) is 11.6 Å². The number of rotatable bonds is 5. The number of hydrogen-bond acceptors (Lipinski definition) is 5. The van der Waals surface area contributed by atoms with Gasteiger partial charge in [-0.3, -0.25) is 5.10 Å². The van der Waals surface area contributed by atoms with Gasteiger partial charge in [0.2, 0.25) is 5.95 Å². The average Bonchev–Trinajstić information content (AvgIpc) is 3.33. The minimum absolute atomic E-state index is 0.0716. The standard InChI is InChI=1S/C18H19FN6/c1-10(11-4-6-13(19)7-5-11)22-18-21-9-14(17(20)23-18)16-8-15(24-25-16)12-2-3-12/h4-10,12H,2-3H2,1H3,(H,24,25)(H3,20,21,22,23)/t10-/m0/s1. The minimum atomic E-state index is -0.259. The van der Waals surface area contributed by atoms with E-state index in [2.05, 4.69) is 25.5 Å². The number of aromatic amines is 1. The summed E-state index contributed by atoms with van der Waals surface area (Å²) in [5.41, 5.74) is 9.65. The Kier molecular flexibility index (Phi) is 3.83. The van der Waals surface area contributed by atoms with E-state index in [0.29, 0.717) is 23.2 Å². The normalized spacial score (nSPS) is 15.1. The van der Waals surface area contributed by atoms with E-state index in [1.165, 1.54) is 25.0 Å². The van der Waals surface area contributed by atoms with E-state index < -0.39 is 0 Å². The summed E-state index contributed by atoms with van der Waals surface area (Å²) in [4.78, 5) is 8.67. The smallest absolute Gasteiger partial charge is 0.225 e. The molecule has 6 nitrogen and oxygen atoms in total. The Labute approximate surface area is 144 Å². The third-order valence-electron chi connectivity index (χ3n) is 4.42. The largest absolute Gasteiger partial charge is 0.383 e. The van der Waals surface area contributed by atoms with Gasteiger partial charge in [-0.25, -0.2) is 9.37 Å². The van der Waals surface area contributed by atoms with Crippen LogP contribution in [0.1, 0.15) is 43.0 Å². The fourth-order valence-electron chi connectivity index (χ4n) is 2.77. The predicted molar refractivity (Wildman–Crippen MR) is 94.4 cm³/mol. The maximum Gasteiger partial charge on any atom is 0.225 e. The molecule has 7 heteroatoms. The molecular weight excluding hydrogens is 319 g/mol. The molecule has 25 heavy (non-hydrogen) atoms. The van der Waals surface area contributed by atoms with Crippen LogP contribution in [0.3, 0.4) is 0 Å². The highest BCUT2D eigenvalue weighted by molar-refractivity contribution is 5.71. The summed E-state index contributed by atoms with van der Waals surface area (Å²) in [5.74, 6) is 1.14. The van der Waals surface area contributed by atoms with Crippen LogP contribution in [0.2, 0.25) is 0 Å². The van der Waals surface area contributed by atoms with Crippen molar-refractivity contribution in [2.75, 3.05) is 11.1 Å². The third kappa shape index (κ3) is 3.31. The lowest BCUT2D eigenvalue weighted by atomic mass is 10.1. The Balaban J connectivity index is 1.51. The molecule has 0 aliphatic heterocycles. The second kappa shape index (κ2) is 6.16. The molecule has 1 aliphatic rings. The van der Waals surface area contributed by atoms with E-state index in [1.54, 1.807) is 18.3 Å². The van der Waals surface area contributed by atoms with Crippen LogP contribution >= 0.6 is 0 Å². The van der Waals surface area contributed by atoms with Crippen molar-refractivity contribution < 1.29 is 4.39 Å². The van der Waals surface area contributed by atoms with Gasteiger partial charge in [-0.05, 0) is 43.5 Å². The minimum Gasteiger partial charge on any atom is -0.383 e. The van der Waals surface area contributed by atoms with E-state index in [9.17, 15) is 4.39 Å². The lowest BCUT2D eigenvalue weighted by Crippen LogP contribution is -2.10. The van der Waals surface area contributed by atoms with Gasteiger partial charge in [-0.1, -0.05) is 12.1 Å². The maximum atomic E-state index is 13.0. The lowest BCUT2D eigenvalue weighted by Gasteiger charge is -2.14. The number of hydrogen-bond donors (Lipinski definition) is 3. The first-order valence-corrected chi connectivity index (χ1v) is 8.30. The molecular formula is C18H19FN6. The highest BCUT2D eigenvalue weighted by atomic mass is 19.1. The van der Waals surface area contributed by atoms with Gasteiger partial charge in [0.15, 0.2) is 0 Å². The van der Waals surface area contributed by atoms with Crippen molar-refractivity contribution in [2.24, 2.45) is 0 Å². The van der Waals surface area contributed by atoms with E-state index in [4.69, 9.17) is 5.73 Å². The second-order valence-corrected chi connectivity index (χ2v) is 6.39. The summed E-state index contributed by atoms with van der Waals surface area (Å²) in [6.07, 6.45) is 4.09. The molecule has 0 bridgehead atoms. The Morgan fingerprint density at radius 2 is 2.04 bits per heavy atom. The zero-order valence-electron chi connectivity index (χ0n) is 13.8. The SMILES string of the molecule is C[C@H](Nc1ncc(-c2cc(C3CC3)[nH]n2)c(N)n1)c1ccc(F)cc1. The van der Waals surface area contributed by atoms with E-state index in [0.717, 1.165) is 17.0 Å². The van der Waals surface area contributed by atoms with Crippen LogP contribution in [-0.4, -0.2) is 20.2 Å². The summed E-state index contributed by atoms with van der Waals surface area (Å²) in [6, 6.07) is 8.27. The van der Waals surface area contributed by atoms with Gasteiger partial charge in [0.25, 0.3) is 0 Å². The molecule has 1 aromatic carbocycles. The molecule has 0 amide bonds. The predicted octanol–water partition coefficient (Wildman–Crippen LogP) is 3.64. The Bertz CT molecular complexity index is 885. The highest BCUT2D eigenvalue weighted by Crippen LogP contribution is 2.40. The monoisotopic (exact) mass is 338 g/mol. The molecule has 1 atom stereocenters. The molecule has 3 aromatic rings.